The maximum absolute atomic E-state index is 2.56. The van der Waals surface area contributed by atoms with E-state index in [1.807, 2.05) is 58.8 Å². The lowest BCUT2D eigenvalue weighted by Crippen LogP contribution is -2.06. The summed E-state index contributed by atoms with van der Waals surface area (Å²) in [7, 11) is 0. The zero-order chi connectivity index (χ0) is 53.1. The van der Waals surface area contributed by atoms with Gasteiger partial charge in [0.25, 0.3) is 0 Å². The van der Waals surface area contributed by atoms with E-state index in [0.29, 0.717) is 0 Å². The molecule has 0 aliphatic rings. The van der Waals surface area contributed by atoms with E-state index in [4.69, 9.17) is 0 Å². The van der Waals surface area contributed by atoms with Crippen LogP contribution in [-0.4, -0.2) is 23.7 Å². The number of rotatable bonds is 10. The number of hydrogen-bond donors (Lipinski definition) is 0. The summed E-state index contributed by atoms with van der Waals surface area (Å²) in [6.45, 7) is 34.5. The largest absolute Gasteiger partial charge is 0.120 e. The van der Waals surface area contributed by atoms with E-state index in [-0.39, 0.29) is 23.7 Å². The lowest BCUT2D eigenvalue weighted by atomic mass is 9.86. The first-order valence-electron chi connectivity index (χ1n) is 26.5. The van der Waals surface area contributed by atoms with E-state index in [1.165, 1.54) is 134 Å². The first kappa shape index (κ1) is 52.3. The highest BCUT2D eigenvalue weighted by Crippen LogP contribution is 2.58. The summed E-state index contributed by atoms with van der Waals surface area (Å²) in [5, 5.41) is 13.4. The Morgan fingerprint density at radius 3 is 0.453 bits per heavy atom. The van der Waals surface area contributed by atoms with E-state index in [1.54, 1.807) is 0 Å². The molecule has 0 N–H and O–H groups in total. The second-order valence-electron chi connectivity index (χ2n) is 25.4. The third kappa shape index (κ3) is 10.8. The molecule has 0 saturated heterocycles. The van der Waals surface area contributed by atoms with Gasteiger partial charge >= 0.3 is 0 Å². The Kier molecular flexibility index (Phi) is 13.3. The van der Waals surface area contributed by atoms with E-state index in [9.17, 15) is 0 Å². The molecule has 0 amide bonds. The highest BCUT2D eigenvalue weighted by atomic mass is 32.2. The van der Waals surface area contributed by atoms with Crippen LogP contribution in [0.5, 0.6) is 0 Å². The van der Waals surface area contributed by atoms with Gasteiger partial charge in [-0.25, -0.2) is 0 Å². The lowest BCUT2D eigenvalue weighted by Gasteiger charge is -2.20. The molecule has 11 rings (SSSR count). The molecule has 5 heteroatoms. The molecule has 0 bridgehead atoms. The molecule has 11 aromatic rings. The zero-order valence-electron chi connectivity index (χ0n) is 46.5. The summed E-state index contributed by atoms with van der Waals surface area (Å²) in [5.41, 5.74) is 12.6. The van der Waals surface area contributed by atoms with Gasteiger partial charge in [0.15, 0.2) is 0 Å². The first-order valence-corrected chi connectivity index (χ1v) is 30.6. The minimum atomic E-state index is 0.113. The van der Waals surface area contributed by atoms with Crippen molar-refractivity contribution in [3.05, 3.63) is 152 Å². The molecular formula is C70H70S5. The van der Waals surface area contributed by atoms with Crippen LogP contribution in [0.15, 0.2) is 176 Å². The van der Waals surface area contributed by atoms with Crippen molar-refractivity contribution in [2.45, 2.75) is 152 Å². The molecule has 75 heavy (non-hydrogen) atoms. The SMILES string of the molecule is CC(C)(C)Sc1ccc(-c2cc3c(-c4ccc(SC(C)(C)C)cc4)cc4c(-c5ccc(SC(C)(C)C)cc5)cc5c(-c6ccc(SC(C)(C)C)cc6)cc6c(-c7ccc(SC(C)(C)C)cc7)cc2c2c6c5c4c32)cc1. The standard InChI is InChI=1S/C70H70S5/c1-66(2,3)71-46-26-16-41(17-27-46)51-36-57-53(43-20-30-48(31-21-43)73-68(7,8)9)38-59-55(45-24-34-50(35-25-45)75-70(13,14)15)40-60-54(44-22-32-49(33-23-44)74-69(10,11)12)39-58-52(42-18-28-47(29-19-42)72-67(4,5)6)37-56(51)61-62(57)64(59)65(60)63(58)61/h16-40H,1-15H3. The zero-order valence-corrected chi connectivity index (χ0v) is 50.6. The monoisotopic (exact) mass is 1070 g/mol. The predicted molar refractivity (Wildman–Crippen MR) is 343 cm³/mol. The normalized spacial score (nSPS) is 13.3. The van der Waals surface area contributed by atoms with Gasteiger partial charge in [0, 0.05) is 48.2 Å². The van der Waals surface area contributed by atoms with Crippen LogP contribution in [0.4, 0.5) is 0 Å². The molecule has 11 aromatic carbocycles. The predicted octanol–water partition coefficient (Wildman–Crippen LogP) is 23.6. The highest BCUT2D eigenvalue weighted by molar-refractivity contribution is 8.01. The quantitative estimate of drug-likeness (QED) is 0.0986. The Balaban J connectivity index is 1.29. The van der Waals surface area contributed by atoms with Gasteiger partial charge in [-0.3, -0.25) is 0 Å². The summed E-state index contributed by atoms with van der Waals surface area (Å²) in [4.78, 5) is 6.46. The molecule has 0 spiro atoms. The molecule has 0 aliphatic carbocycles. The molecule has 0 fully saturated rings. The van der Waals surface area contributed by atoms with Gasteiger partial charge in [-0.15, -0.1) is 58.8 Å². The molecule has 0 aliphatic heterocycles. The second-order valence-corrected chi connectivity index (χ2v) is 34.9. The van der Waals surface area contributed by atoms with Crippen molar-refractivity contribution in [3.63, 3.8) is 0 Å². The van der Waals surface area contributed by atoms with Crippen molar-refractivity contribution in [2.24, 2.45) is 0 Å². The van der Waals surface area contributed by atoms with Crippen LogP contribution in [0.1, 0.15) is 104 Å². The molecule has 380 valence electrons. The third-order valence-electron chi connectivity index (χ3n) is 13.4. The van der Waals surface area contributed by atoms with Gasteiger partial charge in [-0.2, -0.15) is 0 Å². The van der Waals surface area contributed by atoms with Crippen molar-refractivity contribution < 1.29 is 0 Å². The molecule has 0 nitrogen and oxygen atoms in total. The summed E-state index contributed by atoms with van der Waals surface area (Å²) in [6.07, 6.45) is 0. The lowest BCUT2D eigenvalue weighted by molar-refractivity contribution is 0.802. The first-order chi connectivity index (χ1) is 35.2. The van der Waals surface area contributed by atoms with Crippen molar-refractivity contribution in [1.82, 2.24) is 0 Å². The van der Waals surface area contributed by atoms with Gasteiger partial charge in [0.2, 0.25) is 0 Å². The average Bonchev–Trinajstić information content (AvgIpc) is 3.73. The minimum absolute atomic E-state index is 0.113. The molecular weight excluding hydrogens is 1000 g/mol. The van der Waals surface area contributed by atoms with Gasteiger partial charge in [0.1, 0.15) is 0 Å². The summed E-state index contributed by atoms with van der Waals surface area (Å²) in [5.74, 6) is 0. The third-order valence-corrected chi connectivity index (χ3v) is 19.0. The minimum Gasteiger partial charge on any atom is -0.120 e. The van der Waals surface area contributed by atoms with Crippen LogP contribution in [-0.2, 0) is 0 Å². The Morgan fingerprint density at radius 1 is 0.200 bits per heavy atom. The van der Waals surface area contributed by atoms with E-state index >= 15 is 0 Å². The number of hydrogen-bond acceptors (Lipinski definition) is 5. The van der Waals surface area contributed by atoms with E-state index in [0.717, 1.165) is 0 Å². The molecule has 0 atom stereocenters. The van der Waals surface area contributed by atoms with E-state index < -0.39 is 0 Å². The van der Waals surface area contributed by atoms with Crippen LogP contribution in [0, 0.1) is 0 Å². The van der Waals surface area contributed by atoms with Gasteiger partial charge < -0.3 is 0 Å². The summed E-state index contributed by atoms with van der Waals surface area (Å²) < 4.78 is 0.563. The van der Waals surface area contributed by atoms with Crippen molar-refractivity contribution in [1.29, 1.82) is 0 Å². The van der Waals surface area contributed by atoms with Crippen molar-refractivity contribution in [2.75, 3.05) is 0 Å². The maximum atomic E-state index is 2.56. The molecule has 0 unspecified atom stereocenters. The Labute approximate surface area is 468 Å². The topological polar surface area (TPSA) is 0 Å². The molecule has 0 saturated carbocycles. The van der Waals surface area contributed by atoms with E-state index in [2.05, 4.69) is 256 Å². The smallest absolute Gasteiger partial charge is 0.0122 e. The summed E-state index contributed by atoms with van der Waals surface area (Å²) >= 11 is 9.65. The number of thioether (sulfide) groups is 5. The fraction of sp³-hybridized carbons (Fsp3) is 0.286. The number of benzene rings is 10. The highest BCUT2D eigenvalue weighted by Gasteiger charge is 2.30. The van der Waals surface area contributed by atoms with Crippen LogP contribution in [0.25, 0.3) is 109 Å². The second kappa shape index (κ2) is 19.0. The molecule has 0 radical (unpaired) electrons. The fourth-order valence-corrected chi connectivity index (χ4v) is 15.9. The van der Waals surface area contributed by atoms with Crippen molar-refractivity contribution in [3.8, 4) is 55.6 Å². The Bertz CT molecular complexity index is 3230. The van der Waals surface area contributed by atoms with Gasteiger partial charge in [-0.1, -0.05) is 165 Å². The van der Waals surface area contributed by atoms with Crippen LogP contribution >= 0.6 is 58.8 Å². The fourth-order valence-electron chi connectivity index (χ4n) is 11.0. The van der Waals surface area contributed by atoms with Gasteiger partial charge in [-0.05, 0) is 200 Å². The van der Waals surface area contributed by atoms with Crippen LogP contribution in [0.2, 0.25) is 0 Å². The van der Waals surface area contributed by atoms with Crippen molar-refractivity contribution >= 4 is 113 Å². The molecule has 0 heterocycles. The summed E-state index contributed by atoms with van der Waals surface area (Å²) in [6, 6.07) is 59.9. The van der Waals surface area contributed by atoms with Crippen LogP contribution < -0.4 is 0 Å². The Morgan fingerprint density at radius 2 is 0.333 bits per heavy atom. The average molecular weight is 1070 g/mol. The van der Waals surface area contributed by atoms with Gasteiger partial charge in [0.05, 0.1) is 0 Å². The van der Waals surface area contributed by atoms with Crippen LogP contribution in [0.3, 0.4) is 0 Å². The maximum Gasteiger partial charge on any atom is 0.0122 e. The Hall–Kier alpha value is -4.75. The molecule has 0 aromatic heterocycles.